The molecular formula is C26H20O3. The maximum absolute atomic E-state index is 11.1. The van der Waals surface area contributed by atoms with Crippen LogP contribution in [0.2, 0.25) is 0 Å². The molecule has 3 aliphatic rings. The minimum absolute atomic E-state index is 0.0261. The zero-order valence-electron chi connectivity index (χ0n) is 16.1. The number of fused-ring (bicyclic) bond motifs is 8. The van der Waals surface area contributed by atoms with Gasteiger partial charge in [-0.2, -0.15) is 0 Å². The van der Waals surface area contributed by atoms with Crippen LogP contribution >= 0.6 is 0 Å². The van der Waals surface area contributed by atoms with Crippen molar-refractivity contribution in [3.63, 3.8) is 0 Å². The van der Waals surface area contributed by atoms with Gasteiger partial charge in [0.05, 0.1) is 11.0 Å². The molecule has 29 heavy (non-hydrogen) atoms. The highest BCUT2D eigenvalue weighted by Gasteiger charge is 2.56. The number of hydrogen-bond donors (Lipinski definition) is 1. The summed E-state index contributed by atoms with van der Waals surface area (Å²) in [4.78, 5) is 0. The van der Waals surface area contributed by atoms with E-state index in [1.807, 2.05) is 42.5 Å². The molecule has 2 unspecified atom stereocenters. The third-order valence-electron chi connectivity index (χ3n) is 6.42. The molecule has 6 rings (SSSR count). The zero-order chi connectivity index (χ0) is 19.6. The summed E-state index contributed by atoms with van der Waals surface area (Å²) in [6.07, 6.45) is 7.11. The summed E-state index contributed by atoms with van der Waals surface area (Å²) in [6.45, 7) is 2.12. The van der Waals surface area contributed by atoms with Gasteiger partial charge in [-0.15, -0.1) is 0 Å². The van der Waals surface area contributed by atoms with Gasteiger partial charge in [0.15, 0.2) is 0 Å². The van der Waals surface area contributed by atoms with Crippen molar-refractivity contribution in [1.29, 1.82) is 0 Å². The van der Waals surface area contributed by atoms with Gasteiger partial charge in [0.25, 0.3) is 0 Å². The van der Waals surface area contributed by atoms with E-state index >= 15 is 0 Å². The van der Waals surface area contributed by atoms with Crippen molar-refractivity contribution in [2.45, 2.75) is 18.8 Å². The van der Waals surface area contributed by atoms with E-state index in [4.69, 9.17) is 9.47 Å². The predicted molar refractivity (Wildman–Crippen MR) is 112 cm³/mol. The Kier molecular flexibility index (Phi) is 3.28. The number of benzene rings is 3. The van der Waals surface area contributed by atoms with Crippen molar-refractivity contribution >= 4 is 0 Å². The van der Waals surface area contributed by atoms with Crippen molar-refractivity contribution in [1.82, 2.24) is 0 Å². The van der Waals surface area contributed by atoms with Gasteiger partial charge in [-0.25, -0.2) is 0 Å². The summed E-state index contributed by atoms with van der Waals surface area (Å²) in [5, 5.41) is 11.1. The number of aromatic hydroxyl groups is 1. The number of ether oxygens (including phenoxy) is 2. The van der Waals surface area contributed by atoms with Crippen molar-refractivity contribution in [2.75, 3.05) is 0 Å². The van der Waals surface area contributed by atoms with E-state index in [0.717, 1.165) is 45.9 Å². The second kappa shape index (κ2) is 5.77. The number of allylic oxidation sites excluding steroid dienone is 4. The fourth-order valence-electron chi connectivity index (χ4n) is 5.39. The van der Waals surface area contributed by atoms with E-state index in [-0.39, 0.29) is 11.7 Å². The zero-order valence-corrected chi connectivity index (χ0v) is 16.1. The van der Waals surface area contributed by atoms with Crippen LogP contribution in [0.3, 0.4) is 0 Å². The molecule has 1 spiro atoms. The first-order valence-electron chi connectivity index (χ1n) is 9.95. The largest absolute Gasteiger partial charge is 0.507 e. The fraction of sp³-hybridized carbons (Fsp3) is 0.154. The molecule has 0 saturated carbocycles. The molecule has 3 nitrogen and oxygen atoms in total. The Hall–Kier alpha value is -3.46. The fourth-order valence-corrected chi connectivity index (χ4v) is 5.39. The molecule has 1 aliphatic carbocycles. The molecular weight excluding hydrogens is 360 g/mol. The summed E-state index contributed by atoms with van der Waals surface area (Å²) in [6, 6.07) is 19.9. The maximum atomic E-state index is 11.1. The summed E-state index contributed by atoms with van der Waals surface area (Å²) < 4.78 is 12.7. The Morgan fingerprint density at radius 3 is 2.52 bits per heavy atom. The van der Waals surface area contributed by atoms with E-state index < -0.39 is 5.41 Å². The molecule has 0 fully saturated rings. The second-order valence-electron chi connectivity index (χ2n) is 7.89. The molecule has 0 amide bonds. The Balaban J connectivity index is 1.84. The first-order chi connectivity index (χ1) is 14.2. The molecule has 0 radical (unpaired) electrons. The molecule has 0 aromatic heterocycles. The van der Waals surface area contributed by atoms with Crippen LogP contribution < -0.4 is 9.47 Å². The molecule has 2 heterocycles. The van der Waals surface area contributed by atoms with Crippen LogP contribution in [0.15, 0.2) is 84.7 Å². The minimum atomic E-state index is -0.592. The van der Waals surface area contributed by atoms with Crippen LogP contribution in [0.4, 0.5) is 0 Å². The molecule has 142 valence electrons. The molecule has 2 aliphatic heterocycles. The summed E-state index contributed by atoms with van der Waals surface area (Å²) in [7, 11) is 0. The molecule has 2 atom stereocenters. The van der Waals surface area contributed by atoms with Crippen molar-refractivity contribution < 1.29 is 14.6 Å². The highest BCUT2D eigenvalue weighted by Crippen LogP contribution is 2.64. The first-order valence-corrected chi connectivity index (χ1v) is 9.95. The average Bonchev–Trinajstić information content (AvgIpc) is 2.74. The van der Waals surface area contributed by atoms with E-state index in [0.29, 0.717) is 5.75 Å². The van der Waals surface area contributed by atoms with Gasteiger partial charge in [0, 0.05) is 17.0 Å². The van der Waals surface area contributed by atoms with Crippen molar-refractivity contribution in [2.24, 2.45) is 5.92 Å². The van der Waals surface area contributed by atoms with Crippen LogP contribution in [0.25, 0.3) is 0 Å². The Morgan fingerprint density at radius 2 is 1.62 bits per heavy atom. The molecule has 3 aromatic carbocycles. The van der Waals surface area contributed by atoms with Gasteiger partial charge in [0.1, 0.15) is 28.8 Å². The lowest BCUT2D eigenvalue weighted by molar-refractivity contribution is 0.232. The van der Waals surface area contributed by atoms with Crippen LogP contribution in [-0.2, 0) is 5.41 Å². The lowest BCUT2D eigenvalue weighted by atomic mass is 9.56. The number of phenols is 1. The Bertz CT molecular complexity index is 1220. The van der Waals surface area contributed by atoms with Gasteiger partial charge in [-0.3, -0.25) is 0 Å². The van der Waals surface area contributed by atoms with Gasteiger partial charge in [-0.05, 0) is 49.2 Å². The van der Waals surface area contributed by atoms with Crippen molar-refractivity contribution in [3.05, 3.63) is 107 Å². The lowest BCUT2D eigenvalue weighted by Gasteiger charge is -2.50. The third kappa shape index (κ3) is 2.02. The quantitative estimate of drug-likeness (QED) is 0.520. The molecule has 1 N–H and O–H groups in total. The SMILES string of the molecule is Cc1cccc2c1C1(c3ccccc3Oc3cccc(O)c31)C1CC=CC=C1O2. The highest BCUT2D eigenvalue weighted by molar-refractivity contribution is 5.72. The smallest absolute Gasteiger partial charge is 0.135 e. The number of phenolic OH excluding ortho intramolecular Hbond substituents is 1. The summed E-state index contributed by atoms with van der Waals surface area (Å²) >= 11 is 0. The molecule has 0 bridgehead atoms. The molecule has 3 heteroatoms. The Morgan fingerprint density at radius 1 is 0.862 bits per heavy atom. The minimum Gasteiger partial charge on any atom is -0.507 e. The molecule has 3 aromatic rings. The standard InChI is InChI=1S/C26H20O3/c1-16-8-6-14-22-24(16)26(17-9-2-4-12-20(17)28-22)18-10-3-5-13-21(18)29-23-15-7-11-19(27)25(23)26/h2-8,10-15,17,27H,9H2,1H3. The van der Waals surface area contributed by atoms with Gasteiger partial charge in [-0.1, -0.05) is 48.6 Å². The lowest BCUT2D eigenvalue weighted by Crippen LogP contribution is -2.45. The monoisotopic (exact) mass is 380 g/mol. The highest BCUT2D eigenvalue weighted by atomic mass is 16.5. The second-order valence-corrected chi connectivity index (χ2v) is 7.89. The van der Waals surface area contributed by atoms with E-state index in [1.54, 1.807) is 6.07 Å². The predicted octanol–water partition coefficient (Wildman–Crippen LogP) is 5.99. The maximum Gasteiger partial charge on any atom is 0.135 e. The third-order valence-corrected chi connectivity index (χ3v) is 6.42. The normalized spacial score (nSPS) is 23.1. The summed E-state index contributed by atoms with van der Waals surface area (Å²) in [5.41, 5.74) is 3.55. The van der Waals surface area contributed by atoms with Crippen LogP contribution in [0.5, 0.6) is 23.0 Å². The van der Waals surface area contributed by atoms with Gasteiger partial charge in [0.2, 0.25) is 0 Å². The number of rotatable bonds is 0. The van der Waals surface area contributed by atoms with Gasteiger partial charge >= 0.3 is 0 Å². The number of hydrogen-bond acceptors (Lipinski definition) is 3. The van der Waals surface area contributed by atoms with E-state index in [1.165, 1.54) is 0 Å². The molecule has 0 saturated heterocycles. The average molecular weight is 380 g/mol. The van der Waals surface area contributed by atoms with Crippen LogP contribution in [-0.4, -0.2) is 5.11 Å². The topological polar surface area (TPSA) is 38.7 Å². The Labute approximate surface area is 169 Å². The van der Waals surface area contributed by atoms with Crippen LogP contribution in [0, 0.1) is 12.8 Å². The van der Waals surface area contributed by atoms with E-state index in [9.17, 15) is 5.11 Å². The summed E-state index contributed by atoms with van der Waals surface area (Å²) in [5.74, 6) is 3.58. The van der Waals surface area contributed by atoms with Gasteiger partial charge < -0.3 is 14.6 Å². The van der Waals surface area contributed by atoms with Crippen LogP contribution in [0.1, 0.15) is 28.7 Å². The first kappa shape index (κ1) is 16.5. The number of aryl methyl sites for hydroxylation is 1. The van der Waals surface area contributed by atoms with E-state index in [2.05, 4.69) is 37.3 Å². The number of para-hydroxylation sites is 1. The van der Waals surface area contributed by atoms with Crippen molar-refractivity contribution in [3.8, 4) is 23.0 Å².